The first-order chi connectivity index (χ1) is 14.0. The smallest absolute Gasteiger partial charge is 0.158 e. The van der Waals surface area contributed by atoms with Gasteiger partial charge in [-0.2, -0.15) is 5.10 Å². The van der Waals surface area contributed by atoms with E-state index >= 15 is 0 Å². The Bertz CT molecular complexity index is 988. The first-order valence-electron chi connectivity index (χ1n) is 9.50. The lowest BCUT2D eigenvalue weighted by atomic mass is 9.74. The molecule has 2 N–H and O–H groups in total. The normalized spacial score (nSPS) is 17.5. The maximum absolute atomic E-state index is 14.0. The Morgan fingerprint density at radius 2 is 1.86 bits per heavy atom. The van der Waals surface area contributed by atoms with Gasteiger partial charge in [0.1, 0.15) is 18.6 Å². The number of nitrogens with zero attached hydrogens (tertiary/aromatic N) is 1. The van der Waals surface area contributed by atoms with Crippen LogP contribution in [0.3, 0.4) is 0 Å². The van der Waals surface area contributed by atoms with E-state index in [1.807, 2.05) is 0 Å². The van der Waals surface area contributed by atoms with Crippen LogP contribution in [-0.2, 0) is 10.2 Å². The molecule has 1 fully saturated rings. The molecule has 1 atom stereocenters. The predicted octanol–water partition coefficient (Wildman–Crippen LogP) is 5.36. The number of aromatic nitrogens is 2. The number of ether oxygens (including phenoxy) is 1. The minimum absolute atomic E-state index is 0.280. The number of H-pyrrole nitrogens is 1. The van der Waals surface area contributed by atoms with Crippen LogP contribution in [0.1, 0.15) is 30.1 Å². The summed E-state index contributed by atoms with van der Waals surface area (Å²) in [6.45, 7) is 1.23. The van der Waals surface area contributed by atoms with Gasteiger partial charge in [-0.3, -0.25) is 5.10 Å². The molecule has 2 aromatic carbocycles. The highest BCUT2D eigenvalue weighted by Crippen LogP contribution is 2.37. The van der Waals surface area contributed by atoms with E-state index in [1.165, 1.54) is 12.1 Å². The Morgan fingerprint density at radius 3 is 2.55 bits per heavy atom. The van der Waals surface area contributed by atoms with E-state index in [-0.39, 0.29) is 16.4 Å². The molecule has 0 saturated carbocycles. The van der Waals surface area contributed by atoms with Gasteiger partial charge >= 0.3 is 0 Å². The first-order valence-corrected chi connectivity index (χ1v) is 10.3. The van der Waals surface area contributed by atoms with Crippen molar-refractivity contribution in [1.82, 2.24) is 15.5 Å². The molecule has 1 aliphatic heterocycles. The fourth-order valence-electron chi connectivity index (χ4n) is 4.04. The largest absolute Gasteiger partial charge is 0.370 e. The summed E-state index contributed by atoms with van der Waals surface area (Å²) in [5.74, 6) is -0.280. The Balaban J connectivity index is 1.63. The molecule has 1 saturated heterocycles. The maximum atomic E-state index is 14.0. The van der Waals surface area contributed by atoms with Gasteiger partial charge in [0.2, 0.25) is 0 Å². The molecular weight excluding hydrogens is 419 g/mol. The summed E-state index contributed by atoms with van der Waals surface area (Å²) in [5.41, 5.74) is 1.88. The van der Waals surface area contributed by atoms with Crippen molar-refractivity contribution >= 4 is 34.1 Å². The topological polar surface area (TPSA) is 49.9 Å². The molecule has 4 rings (SSSR count). The molecular formula is C21H21Cl2F2N3O. The number of piperidine rings is 1. The lowest BCUT2D eigenvalue weighted by molar-refractivity contribution is -0.00450. The molecule has 0 aliphatic carbocycles. The van der Waals surface area contributed by atoms with Crippen molar-refractivity contribution in [2.24, 2.45) is 0 Å². The molecule has 2 heterocycles. The molecule has 29 heavy (non-hydrogen) atoms. The molecule has 0 bridgehead atoms. The zero-order chi connectivity index (χ0) is 20.4. The number of rotatable bonds is 6. The molecule has 8 heteroatoms. The number of alkyl halides is 1. The van der Waals surface area contributed by atoms with Crippen LogP contribution in [0, 0.1) is 5.82 Å². The summed E-state index contributed by atoms with van der Waals surface area (Å²) >= 11 is 12.3. The van der Waals surface area contributed by atoms with Crippen LogP contribution in [0.5, 0.6) is 0 Å². The minimum atomic E-state index is -0.820. The third-order valence-corrected chi connectivity index (χ3v) is 6.19. The van der Waals surface area contributed by atoms with Gasteiger partial charge in [-0.1, -0.05) is 35.3 Å². The van der Waals surface area contributed by atoms with E-state index in [0.717, 1.165) is 31.5 Å². The molecule has 0 amide bonds. The standard InChI is InChI=1S/C21H21Cl2F2N3O/c22-14-9-16(19-17(10-14)20(23)28-27-19)18(11-24)29-12-21(5-7-26-8-6-21)13-1-3-15(25)4-2-13/h1-4,9-10,18,26H,5-8,11-12H2,(H,27,28)/t18-/m1/s1. The maximum Gasteiger partial charge on any atom is 0.158 e. The minimum Gasteiger partial charge on any atom is -0.370 e. The first kappa shape index (κ1) is 20.5. The van der Waals surface area contributed by atoms with Gasteiger partial charge in [0.25, 0.3) is 0 Å². The molecule has 0 unspecified atom stereocenters. The van der Waals surface area contributed by atoms with Gasteiger partial charge in [-0.05, 0) is 55.8 Å². The van der Waals surface area contributed by atoms with Crippen molar-refractivity contribution < 1.29 is 13.5 Å². The van der Waals surface area contributed by atoms with Crippen LogP contribution in [0.15, 0.2) is 36.4 Å². The number of nitrogens with one attached hydrogen (secondary N) is 2. The van der Waals surface area contributed by atoms with E-state index in [2.05, 4.69) is 15.5 Å². The second-order valence-corrected chi connectivity index (χ2v) is 8.22. The lowest BCUT2D eigenvalue weighted by Gasteiger charge is -2.39. The van der Waals surface area contributed by atoms with Gasteiger partial charge in [0.15, 0.2) is 5.15 Å². The average Bonchev–Trinajstić information content (AvgIpc) is 3.10. The molecule has 1 aromatic heterocycles. The number of fused-ring (bicyclic) bond motifs is 1. The third kappa shape index (κ3) is 4.12. The van der Waals surface area contributed by atoms with Gasteiger partial charge in [-0.25, -0.2) is 8.78 Å². The number of hydrogen-bond acceptors (Lipinski definition) is 3. The number of benzene rings is 2. The van der Waals surface area contributed by atoms with Gasteiger partial charge in [0, 0.05) is 21.4 Å². The van der Waals surface area contributed by atoms with Crippen LogP contribution >= 0.6 is 23.2 Å². The highest BCUT2D eigenvalue weighted by molar-refractivity contribution is 6.36. The van der Waals surface area contributed by atoms with Gasteiger partial charge < -0.3 is 10.1 Å². The highest BCUT2D eigenvalue weighted by Gasteiger charge is 2.35. The highest BCUT2D eigenvalue weighted by atomic mass is 35.5. The molecule has 0 radical (unpaired) electrons. The molecule has 4 nitrogen and oxygen atoms in total. The lowest BCUT2D eigenvalue weighted by Crippen LogP contribution is -2.43. The van der Waals surface area contributed by atoms with E-state index in [9.17, 15) is 8.78 Å². The Morgan fingerprint density at radius 1 is 1.14 bits per heavy atom. The predicted molar refractivity (Wildman–Crippen MR) is 111 cm³/mol. The van der Waals surface area contributed by atoms with Crippen LogP contribution in [-0.4, -0.2) is 36.6 Å². The van der Waals surface area contributed by atoms with E-state index < -0.39 is 12.8 Å². The third-order valence-electron chi connectivity index (χ3n) is 5.69. The summed E-state index contributed by atoms with van der Waals surface area (Å²) in [6, 6.07) is 9.86. The fourth-order valence-corrected chi connectivity index (χ4v) is 4.46. The summed E-state index contributed by atoms with van der Waals surface area (Å²) < 4.78 is 33.6. The van der Waals surface area contributed by atoms with Crippen molar-refractivity contribution in [2.45, 2.75) is 24.4 Å². The SMILES string of the molecule is FC[C@@H](OCC1(c2ccc(F)cc2)CCNCC1)c1cc(Cl)cc2c(Cl)n[nH]c12. The quantitative estimate of drug-likeness (QED) is 0.543. The summed E-state index contributed by atoms with van der Waals surface area (Å²) in [7, 11) is 0. The molecule has 1 aliphatic rings. The summed E-state index contributed by atoms with van der Waals surface area (Å²) in [4.78, 5) is 0. The van der Waals surface area contributed by atoms with Crippen molar-refractivity contribution in [3.8, 4) is 0 Å². The van der Waals surface area contributed by atoms with Crippen molar-refractivity contribution in [3.05, 3.63) is 63.5 Å². The van der Waals surface area contributed by atoms with Crippen LogP contribution in [0.4, 0.5) is 8.78 Å². The zero-order valence-electron chi connectivity index (χ0n) is 15.7. The average molecular weight is 440 g/mol. The second kappa shape index (κ2) is 8.56. The summed E-state index contributed by atoms with van der Waals surface area (Å²) in [5, 5.41) is 11.5. The Labute approximate surface area is 177 Å². The Hall–Kier alpha value is -1.73. The van der Waals surface area contributed by atoms with Crippen LogP contribution < -0.4 is 5.32 Å². The van der Waals surface area contributed by atoms with Crippen molar-refractivity contribution in [1.29, 1.82) is 0 Å². The number of hydrogen-bond donors (Lipinski definition) is 2. The molecule has 3 aromatic rings. The Kier molecular flexibility index (Phi) is 6.06. The molecule has 0 spiro atoms. The van der Waals surface area contributed by atoms with Crippen LogP contribution in [0.2, 0.25) is 10.2 Å². The van der Waals surface area contributed by atoms with Crippen molar-refractivity contribution in [2.75, 3.05) is 26.4 Å². The number of aromatic amines is 1. The van der Waals surface area contributed by atoms with Crippen molar-refractivity contribution in [3.63, 3.8) is 0 Å². The van der Waals surface area contributed by atoms with E-state index in [1.54, 1.807) is 24.3 Å². The van der Waals surface area contributed by atoms with E-state index in [0.29, 0.717) is 28.1 Å². The number of halogens is 4. The molecule has 154 valence electrons. The van der Waals surface area contributed by atoms with Crippen LogP contribution in [0.25, 0.3) is 10.9 Å². The van der Waals surface area contributed by atoms with Gasteiger partial charge in [0.05, 0.1) is 12.1 Å². The van der Waals surface area contributed by atoms with E-state index in [4.69, 9.17) is 27.9 Å². The summed E-state index contributed by atoms with van der Waals surface area (Å²) in [6.07, 6.45) is 0.816. The monoisotopic (exact) mass is 439 g/mol. The second-order valence-electron chi connectivity index (χ2n) is 7.42. The van der Waals surface area contributed by atoms with Gasteiger partial charge in [-0.15, -0.1) is 0 Å². The fraction of sp³-hybridized carbons (Fsp3) is 0.381. The zero-order valence-corrected chi connectivity index (χ0v) is 17.2.